The molecule has 0 aromatic heterocycles. The molecule has 1 N–H and O–H groups in total. The summed E-state index contributed by atoms with van der Waals surface area (Å²) in [5, 5.41) is 21.5. The van der Waals surface area contributed by atoms with Gasteiger partial charge in [-0.15, -0.1) is 0 Å². The van der Waals surface area contributed by atoms with Gasteiger partial charge in [0, 0.05) is 17.9 Å². The number of rotatable bonds is 4. The Hall–Kier alpha value is -3.68. The number of carboxylic acid groups (broad SMARTS) is 1. The summed E-state index contributed by atoms with van der Waals surface area (Å²) in [6.45, 7) is -0.0647. The summed E-state index contributed by atoms with van der Waals surface area (Å²) in [5.74, 6) is -1.93. The van der Waals surface area contributed by atoms with Gasteiger partial charge in [0.2, 0.25) is 0 Å². The number of para-hydroxylation sites is 1. The summed E-state index contributed by atoms with van der Waals surface area (Å²) < 4.78 is 5.37. The first kappa shape index (κ1) is 18.7. The fourth-order valence-corrected chi connectivity index (χ4v) is 4.18. The van der Waals surface area contributed by atoms with Gasteiger partial charge in [-0.05, 0) is 17.5 Å². The Bertz CT molecular complexity index is 1000. The van der Waals surface area contributed by atoms with Crippen LogP contribution in [0.4, 0.5) is 16.2 Å². The van der Waals surface area contributed by atoms with Crippen LogP contribution in [0.3, 0.4) is 0 Å². The minimum absolute atomic E-state index is 0.00392. The highest BCUT2D eigenvalue weighted by molar-refractivity contribution is 6.00. The normalized spacial score (nSPS) is 21.9. The van der Waals surface area contributed by atoms with E-state index in [9.17, 15) is 24.8 Å². The highest BCUT2D eigenvalue weighted by Crippen LogP contribution is 2.50. The summed E-state index contributed by atoms with van der Waals surface area (Å²) in [5.41, 5.74) is 0.972. The molecule has 3 atom stereocenters. The van der Waals surface area contributed by atoms with Gasteiger partial charge in [-0.2, -0.15) is 0 Å². The first-order chi connectivity index (χ1) is 14.0. The summed E-state index contributed by atoms with van der Waals surface area (Å²) in [4.78, 5) is 37.1. The highest BCUT2D eigenvalue weighted by atomic mass is 16.6. The second kappa shape index (κ2) is 7.38. The topological polar surface area (TPSA) is 110 Å². The number of hydrogen-bond donors (Lipinski definition) is 1. The molecule has 1 heterocycles. The molecule has 0 bridgehead atoms. The number of hydrogen-bond acceptors (Lipinski definition) is 5. The largest absolute Gasteiger partial charge is 0.480 e. The Kier molecular flexibility index (Phi) is 4.75. The molecule has 2 aliphatic rings. The van der Waals surface area contributed by atoms with Crippen LogP contribution in [0.25, 0.3) is 0 Å². The Morgan fingerprint density at radius 3 is 2.62 bits per heavy atom. The molecule has 8 nitrogen and oxygen atoms in total. The molecule has 2 aromatic rings. The molecule has 148 valence electrons. The van der Waals surface area contributed by atoms with Crippen LogP contribution >= 0.6 is 0 Å². The molecule has 8 heteroatoms. The first-order valence-electron chi connectivity index (χ1n) is 9.15. The Morgan fingerprint density at radius 2 is 1.93 bits per heavy atom. The van der Waals surface area contributed by atoms with E-state index in [1.54, 1.807) is 36.4 Å². The van der Waals surface area contributed by atoms with Crippen molar-refractivity contribution in [1.29, 1.82) is 0 Å². The van der Waals surface area contributed by atoms with E-state index >= 15 is 0 Å². The van der Waals surface area contributed by atoms with Crippen LogP contribution in [-0.4, -0.2) is 28.1 Å². The molecule has 4 rings (SSSR count). The lowest BCUT2D eigenvalue weighted by Crippen LogP contribution is -2.53. The molecule has 0 saturated heterocycles. The van der Waals surface area contributed by atoms with Gasteiger partial charge in [0.1, 0.15) is 18.3 Å². The number of aliphatic carboxylic acids is 1. The molecule has 1 aliphatic carbocycles. The van der Waals surface area contributed by atoms with E-state index in [1.165, 1.54) is 6.07 Å². The lowest BCUT2D eigenvalue weighted by molar-refractivity contribution is -0.384. The van der Waals surface area contributed by atoms with E-state index in [1.807, 2.05) is 18.2 Å². The number of anilines is 1. The number of nitrogens with zero attached hydrogens (tertiary/aromatic N) is 2. The summed E-state index contributed by atoms with van der Waals surface area (Å²) >= 11 is 0. The van der Waals surface area contributed by atoms with Gasteiger partial charge in [-0.25, -0.2) is 9.59 Å². The second-order valence-corrected chi connectivity index (χ2v) is 7.02. The van der Waals surface area contributed by atoms with Crippen LogP contribution < -0.4 is 4.90 Å². The van der Waals surface area contributed by atoms with Crippen molar-refractivity contribution in [3.8, 4) is 0 Å². The fraction of sp³-hybridized carbons (Fsp3) is 0.238. The maximum absolute atomic E-state index is 13.0. The number of amides is 1. The first-order valence-corrected chi connectivity index (χ1v) is 9.15. The lowest BCUT2D eigenvalue weighted by Gasteiger charge is -2.40. The van der Waals surface area contributed by atoms with E-state index in [-0.39, 0.29) is 23.9 Å². The van der Waals surface area contributed by atoms with Crippen molar-refractivity contribution in [2.24, 2.45) is 5.92 Å². The van der Waals surface area contributed by atoms with Crippen molar-refractivity contribution < 1.29 is 24.4 Å². The number of nitro groups is 1. The Morgan fingerprint density at radius 1 is 1.17 bits per heavy atom. The highest BCUT2D eigenvalue weighted by Gasteiger charge is 2.50. The van der Waals surface area contributed by atoms with Gasteiger partial charge < -0.3 is 9.84 Å². The monoisotopic (exact) mass is 394 g/mol. The second-order valence-electron chi connectivity index (χ2n) is 7.02. The maximum Gasteiger partial charge on any atom is 0.415 e. The van der Waals surface area contributed by atoms with Gasteiger partial charge in [0.05, 0.1) is 4.92 Å². The third kappa shape index (κ3) is 3.22. The van der Waals surface area contributed by atoms with Crippen molar-refractivity contribution in [3.05, 3.63) is 81.9 Å². The van der Waals surface area contributed by atoms with E-state index in [2.05, 4.69) is 0 Å². The Labute approximate surface area is 166 Å². The summed E-state index contributed by atoms with van der Waals surface area (Å²) in [6.07, 6.45) is 3.26. The molecule has 0 fully saturated rings. The molecule has 2 aromatic carbocycles. The summed E-state index contributed by atoms with van der Waals surface area (Å²) in [6, 6.07) is 12.2. The molecule has 1 aliphatic heterocycles. The summed E-state index contributed by atoms with van der Waals surface area (Å²) in [7, 11) is 0. The predicted molar refractivity (Wildman–Crippen MR) is 104 cm³/mol. The van der Waals surface area contributed by atoms with E-state index < -0.39 is 28.9 Å². The van der Waals surface area contributed by atoms with Crippen molar-refractivity contribution in [1.82, 2.24) is 0 Å². The van der Waals surface area contributed by atoms with Gasteiger partial charge in [0.25, 0.3) is 5.69 Å². The molecule has 0 radical (unpaired) electrons. The van der Waals surface area contributed by atoms with E-state index in [4.69, 9.17) is 4.74 Å². The van der Waals surface area contributed by atoms with Gasteiger partial charge in [0.15, 0.2) is 0 Å². The number of allylic oxidation sites excluding steroid dienone is 2. The minimum atomic E-state index is -1.26. The Balaban J connectivity index is 1.78. The van der Waals surface area contributed by atoms with Crippen molar-refractivity contribution in [2.45, 2.75) is 25.0 Å². The lowest BCUT2D eigenvalue weighted by atomic mass is 9.78. The zero-order valence-corrected chi connectivity index (χ0v) is 15.3. The van der Waals surface area contributed by atoms with Crippen molar-refractivity contribution in [2.75, 3.05) is 4.90 Å². The van der Waals surface area contributed by atoms with Crippen LogP contribution in [0.2, 0.25) is 0 Å². The van der Waals surface area contributed by atoms with Gasteiger partial charge in [-0.3, -0.25) is 15.0 Å². The number of carboxylic acids is 1. The van der Waals surface area contributed by atoms with Gasteiger partial charge in [-0.1, -0.05) is 54.6 Å². The SMILES string of the molecule is O=C(O)[C@@H]1[C@@H]2CC=C[C@@H]2c2cccc([N+](=O)[O-])c2N1C(=O)OCc1ccccc1. The number of ether oxygens (including phenoxy) is 1. The quantitative estimate of drug-likeness (QED) is 0.479. The third-order valence-corrected chi connectivity index (χ3v) is 5.39. The van der Waals surface area contributed by atoms with Gasteiger partial charge >= 0.3 is 12.1 Å². The molecular formula is C21H18N2O6. The minimum Gasteiger partial charge on any atom is -0.480 e. The molecule has 1 amide bonds. The standard InChI is InChI=1S/C21H18N2O6/c24-20(25)19-16-9-4-8-14(16)15-10-5-11-17(23(27)28)18(15)22(19)21(26)29-12-13-6-2-1-3-7-13/h1-8,10-11,14,16,19H,9,12H2,(H,24,25)/t14-,16-,19+/m1/s1. The van der Waals surface area contributed by atoms with Crippen molar-refractivity contribution >= 4 is 23.4 Å². The van der Waals surface area contributed by atoms with Crippen LogP contribution in [0, 0.1) is 16.0 Å². The van der Waals surface area contributed by atoms with E-state index in [0.29, 0.717) is 12.0 Å². The van der Waals surface area contributed by atoms with Crippen LogP contribution in [-0.2, 0) is 16.1 Å². The average molecular weight is 394 g/mol. The number of benzene rings is 2. The fourth-order valence-electron chi connectivity index (χ4n) is 4.18. The molecule has 0 spiro atoms. The van der Waals surface area contributed by atoms with Crippen molar-refractivity contribution in [3.63, 3.8) is 0 Å². The van der Waals surface area contributed by atoms with Crippen LogP contribution in [0.5, 0.6) is 0 Å². The zero-order chi connectivity index (χ0) is 20.5. The third-order valence-electron chi connectivity index (χ3n) is 5.39. The zero-order valence-electron chi connectivity index (χ0n) is 15.3. The smallest absolute Gasteiger partial charge is 0.415 e. The van der Waals surface area contributed by atoms with Crippen LogP contribution in [0.1, 0.15) is 23.5 Å². The maximum atomic E-state index is 13.0. The number of carbonyl (C=O) groups is 2. The van der Waals surface area contributed by atoms with Crippen LogP contribution in [0.15, 0.2) is 60.7 Å². The average Bonchev–Trinajstić information content (AvgIpc) is 3.20. The number of nitro benzene ring substituents is 1. The molecular weight excluding hydrogens is 376 g/mol. The molecule has 0 saturated carbocycles. The molecule has 29 heavy (non-hydrogen) atoms. The predicted octanol–water partition coefficient (Wildman–Crippen LogP) is 3.86. The van der Waals surface area contributed by atoms with E-state index in [0.717, 1.165) is 10.5 Å². The number of carbonyl (C=O) groups excluding carboxylic acids is 1. The molecule has 0 unspecified atom stereocenters. The number of fused-ring (bicyclic) bond motifs is 3.